The Bertz CT molecular complexity index is 1030. The Morgan fingerprint density at radius 2 is 1.67 bits per heavy atom. The van der Waals surface area contributed by atoms with E-state index in [1.807, 2.05) is 0 Å². The van der Waals surface area contributed by atoms with E-state index in [2.05, 4.69) is 20.4 Å². The van der Waals surface area contributed by atoms with Crippen LogP contribution >= 0.6 is 11.3 Å². The maximum absolute atomic E-state index is 12.2. The van der Waals surface area contributed by atoms with Crippen molar-refractivity contribution >= 4 is 39.5 Å². The highest BCUT2D eigenvalue weighted by molar-refractivity contribution is 7.13. The van der Waals surface area contributed by atoms with Gasteiger partial charge in [0.25, 0.3) is 0 Å². The summed E-state index contributed by atoms with van der Waals surface area (Å²) in [6, 6.07) is 11.8. The molecular formula is C20H16F3N3O3S. The van der Waals surface area contributed by atoms with E-state index >= 15 is 0 Å². The molecule has 2 N–H and O–H groups in total. The normalized spacial score (nSPS) is 11.1. The molecule has 3 aromatic rings. The molecule has 0 saturated carbocycles. The van der Waals surface area contributed by atoms with Gasteiger partial charge in [0, 0.05) is 22.3 Å². The Labute approximate surface area is 173 Å². The Morgan fingerprint density at radius 1 is 1.03 bits per heavy atom. The molecule has 10 heteroatoms. The fourth-order valence-corrected chi connectivity index (χ4v) is 3.20. The van der Waals surface area contributed by atoms with Gasteiger partial charge in [-0.1, -0.05) is 0 Å². The van der Waals surface area contributed by atoms with Crippen LogP contribution in [0.2, 0.25) is 0 Å². The zero-order valence-electron chi connectivity index (χ0n) is 15.6. The molecule has 1 heterocycles. The van der Waals surface area contributed by atoms with Gasteiger partial charge >= 0.3 is 6.36 Å². The number of ether oxygens (including phenoxy) is 1. The monoisotopic (exact) mass is 435 g/mol. The van der Waals surface area contributed by atoms with Crippen LogP contribution in [0.1, 0.15) is 23.0 Å². The number of ketones is 1. The number of anilines is 3. The van der Waals surface area contributed by atoms with Crippen LogP contribution in [0.5, 0.6) is 5.75 Å². The standard InChI is InChI=1S/C20H16F3N3O3S/c1-12(27)13-2-4-14(5-3-13)24-18(28)10-16-11-30-19(26-16)25-15-6-8-17(9-7-15)29-20(21,22)23/h2-9,11H,10H2,1H3,(H,24,28)(H,25,26). The molecule has 0 aliphatic heterocycles. The quantitative estimate of drug-likeness (QED) is 0.501. The van der Waals surface area contributed by atoms with Gasteiger partial charge in [-0.2, -0.15) is 0 Å². The van der Waals surface area contributed by atoms with Gasteiger partial charge in [0.1, 0.15) is 5.75 Å². The van der Waals surface area contributed by atoms with Crippen LogP contribution in [0.3, 0.4) is 0 Å². The molecule has 2 aromatic carbocycles. The summed E-state index contributed by atoms with van der Waals surface area (Å²) in [7, 11) is 0. The first-order valence-electron chi connectivity index (χ1n) is 8.66. The average Bonchev–Trinajstić information content (AvgIpc) is 3.09. The van der Waals surface area contributed by atoms with E-state index in [1.165, 1.54) is 42.5 Å². The van der Waals surface area contributed by atoms with E-state index in [4.69, 9.17) is 0 Å². The van der Waals surface area contributed by atoms with Crippen molar-refractivity contribution < 1.29 is 27.5 Å². The van der Waals surface area contributed by atoms with E-state index in [9.17, 15) is 22.8 Å². The van der Waals surface area contributed by atoms with Crippen LogP contribution in [0.4, 0.5) is 29.7 Å². The van der Waals surface area contributed by atoms with Crippen LogP contribution < -0.4 is 15.4 Å². The molecule has 0 unspecified atom stereocenters. The molecule has 3 rings (SSSR count). The molecule has 6 nitrogen and oxygen atoms in total. The molecule has 1 amide bonds. The molecule has 0 fully saturated rings. The van der Waals surface area contributed by atoms with Crippen molar-refractivity contribution in [2.45, 2.75) is 19.7 Å². The minimum absolute atomic E-state index is 0.0466. The van der Waals surface area contributed by atoms with E-state index < -0.39 is 6.36 Å². The summed E-state index contributed by atoms with van der Waals surface area (Å²) in [5, 5.41) is 7.89. The van der Waals surface area contributed by atoms with Crippen molar-refractivity contribution in [1.29, 1.82) is 0 Å². The number of hydrogen-bond donors (Lipinski definition) is 2. The van der Waals surface area contributed by atoms with Gasteiger partial charge in [0.05, 0.1) is 12.1 Å². The highest BCUT2D eigenvalue weighted by atomic mass is 32.1. The van der Waals surface area contributed by atoms with Crippen LogP contribution in [0, 0.1) is 0 Å². The number of hydrogen-bond acceptors (Lipinski definition) is 6. The van der Waals surface area contributed by atoms with Crippen molar-refractivity contribution in [3.63, 3.8) is 0 Å². The van der Waals surface area contributed by atoms with Crippen molar-refractivity contribution in [2.75, 3.05) is 10.6 Å². The molecule has 0 aliphatic carbocycles. The van der Waals surface area contributed by atoms with E-state index in [0.717, 1.165) is 0 Å². The summed E-state index contributed by atoms with van der Waals surface area (Å²) in [4.78, 5) is 27.8. The van der Waals surface area contributed by atoms with Crippen LogP contribution in [0.25, 0.3) is 0 Å². The lowest BCUT2D eigenvalue weighted by Crippen LogP contribution is -2.16. The number of alkyl halides is 3. The minimum atomic E-state index is -4.74. The average molecular weight is 435 g/mol. The third-order valence-electron chi connectivity index (χ3n) is 3.81. The number of nitrogens with one attached hydrogen (secondary N) is 2. The lowest BCUT2D eigenvalue weighted by molar-refractivity contribution is -0.274. The number of carbonyl (C=O) groups excluding carboxylic acids is 2. The second-order valence-electron chi connectivity index (χ2n) is 6.20. The number of aromatic nitrogens is 1. The smallest absolute Gasteiger partial charge is 0.406 e. The van der Waals surface area contributed by atoms with Crippen LogP contribution in [0.15, 0.2) is 53.9 Å². The number of carbonyl (C=O) groups is 2. The highest BCUT2D eigenvalue weighted by Gasteiger charge is 2.30. The summed E-state index contributed by atoms with van der Waals surface area (Å²) < 4.78 is 40.4. The first-order chi connectivity index (χ1) is 14.2. The molecule has 156 valence electrons. The van der Waals surface area contributed by atoms with Crippen molar-refractivity contribution in [2.24, 2.45) is 0 Å². The van der Waals surface area contributed by atoms with Gasteiger partial charge in [0.15, 0.2) is 10.9 Å². The van der Waals surface area contributed by atoms with Crippen molar-refractivity contribution in [3.05, 3.63) is 65.2 Å². The summed E-state index contributed by atoms with van der Waals surface area (Å²) in [5.41, 5.74) is 2.19. The second kappa shape index (κ2) is 8.95. The summed E-state index contributed by atoms with van der Waals surface area (Å²) >= 11 is 1.26. The fraction of sp³-hybridized carbons (Fsp3) is 0.150. The van der Waals surface area contributed by atoms with Gasteiger partial charge in [-0.25, -0.2) is 4.98 Å². The van der Waals surface area contributed by atoms with Crippen molar-refractivity contribution in [1.82, 2.24) is 4.98 Å². The Kier molecular flexibility index (Phi) is 6.36. The maximum atomic E-state index is 12.2. The predicted molar refractivity (Wildman–Crippen MR) is 107 cm³/mol. The first-order valence-corrected chi connectivity index (χ1v) is 9.54. The predicted octanol–water partition coefficient (Wildman–Crippen LogP) is 5.17. The third-order valence-corrected chi connectivity index (χ3v) is 4.61. The largest absolute Gasteiger partial charge is 0.573 e. The summed E-state index contributed by atoms with van der Waals surface area (Å²) in [5.74, 6) is -0.644. The molecule has 0 spiro atoms. The molecule has 0 saturated heterocycles. The number of Topliss-reactive ketones (excluding diaryl/α,β-unsaturated/α-hetero) is 1. The zero-order chi connectivity index (χ0) is 21.7. The van der Waals surface area contributed by atoms with E-state index in [1.54, 1.807) is 29.6 Å². The number of halogens is 3. The number of thiazole rings is 1. The lowest BCUT2D eigenvalue weighted by atomic mass is 10.1. The van der Waals surface area contributed by atoms with Gasteiger partial charge < -0.3 is 15.4 Å². The molecule has 0 aliphatic rings. The molecule has 1 aromatic heterocycles. The molecule has 0 atom stereocenters. The first kappa shape index (κ1) is 21.3. The van der Waals surface area contributed by atoms with E-state index in [-0.39, 0.29) is 23.9 Å². The SMILES string of the molecule is CC(=O)c1ccc(NC(=O)Cc2csc(Nc3ccc(OC(F)(F)F)cc3)n2)cc1. The minimum Gasteiger partial charge on any atom is -0.406 e. The third kappa shape index (κ3) is 6.31. The molecule has 0 radical (unpaired) electrons. The molecule has 0 bridgehead atoms. The summed E-state index contributed by atoms with van der Waals surface area (Å²) in [6.07, 6.45) is -4.69. The lowest BCUT2D eigenvalue weighted by Gasteiger charge is -2.09. The van der Waals surface area contributed by atoms with Crippen LogP contribution in [-0.4, -0.2) is 23.0 Å². The Balaban J connectivity index is 1.54. The second-order valence-corrected chi connectivity index (χ2v) is 7.06. The topological polar surface area (TPSA) is 80.3 Å². The fourth-order valence-electron chi connectivity index (χ4n) is 2.47. The molecule has 30 heavy (non-hydrogen) atoms. The van der Waals surface area contributed by atoms with Gasteiger partial charge in [-0.15, -0.1) is 24.5 Å². The van der Waals surface area contributed by atoms with Gasteiger partial charge in [-0.3, -0.25) is 9.59 Å². The van der Waals surface area contributed by atoms with Gasteiger partial charge in [0.2, 0.25) is 5.91 Å². The van der Waals surface area contributed by atoms with Crippen LogP contribution in [-0.2, 0) is 11.2 Å². The summed E-state index contributed by atoms with van der Waals surface area (Å²) in [6.45, 7) is 1.46. The van der Waals surface area contributed by atoms with Gasteiger partial charge in [-0.05, 0) is 55.5 Å². The number of rotatable bonds is 7. The zero-order valence-corrected chi connectivity index (χ0v) is 16.4. The maximum Gasteiger partial charge on any atom is 0.573 e. The number of benzene rings is 2. The van der Waals surface area contributed by atoms with E-state index in [0.29, 0.717) is 27.8 Å². The van der Waals surface area contributed by atoms with Crippen molar-refractivity contribution in [3.8, 4) is 5.75 Å². The highest BCUT2D eigenvalue weighted by Crippen LogP contribution is 2.26. The Morgan fingerprint density at radius 3 is 2.27 bits per heavy atom. The number of nitrogens with zero attached hydrogens (tertiary/aromatic N) is 1. The number of amides is 1. The molecular weight excluding hydrogens is 419 g/mol. The Hall–Kier alpha value is -3.40.